The molecule has 10 heavy (non-hydrogen) atoms. The van der Waals surface area contributed by atoms with E-state index in [1.54, 1.807) is 6.08 Å². The van der Waals surface area contributed by atoms with E-state index in [0.29, 0.717) is 6.61 Å². The van der Waals surface area contributed by atoms with Crippen LogP contribution < -0.4 is 0 Å². The van der Waals surface area contributed by atoms with Gasteiger partial charge in [-0.05, 0) is 20.8 Å². The molecule has 0 aliphatic carbocycles. The fraction of sp³-hybridized carbons (Fsp3) is 0.750. The zero-order valence-corrected chi connectivity index (χ0v) is 6.96. The van der Waals surface area contributed by atoms with Crippen LogP contribution in [0.4, 0.5) is 0 Å². The first kappa shape index (κ1) is 9.66. The van der Waals surface area contributed by atoms with E-state index in [1.165, 1.54) is 0 Å². The van der Waals surface area contributed by atoms with Crippen molar-refractivity contribution in [2.24, 2.45) is 0 Å². The van der Waals surface area contributed by atoms with Crippen LogP contribution >= 0.6 is 0 Å². The first-order valence-electron chi connectivity index (χ1n) is 3.60. The summed E-state index contributed by atoms with van der Waals surface area (Å²) < 4.78 is 10.4. The Kier molecular flexibility index (Phi) is 5.26. The van der Waals surface area contributed by atoms with Gasteiger partial charge in [0.1, 0.15) is 0 Å². The minimum atomic E-state index is -0.127. The molecule has 0 spiro atoms. The summed E-state index contributed by atoms with van der Waals surface area (Å²) in [7, 11) is 0. The van der Waals surface area contributed by atoms with E-state index in [4.69, 9.17) is 9.47 Å². The molecule has 0 heterocycles. The first-order valence-corrected chi connectivity index (χ1v) is 3.60. The monoisotopic (exact) mass is 144 g/mol. The van der Waals surface area contributed by atoms with E-state index < -0.39 is 0 Å². The Morgan fingerprint density at radius 1 is 1.50 bits per heavy atom. The molecule has 0 N–H and O–H groups in total. The average molecular weight is 144 g/mol. The largest absolute Gasteiger partial charge is 0.353 e. The normalized spacial score (nSPS) is 16.3. The van der Waals surface area contributed by atoms with Crippen LogP contribution in [0.2, 0.25) is 0 Å². The molecular weight excluding hydrogens is 128 g/mol. The zero-order valence-electron chi connectivity index (χ0n) is 6.96. The van der Waals surface area contributed by atoms with E-state index in [0.717, 1.165) is 0 Å². The quantitative estimate of drug-likeness (QED) is 0.434. The lowest BCUT2D eigenvalue weighted by Gasteiger charge is -2.15. The van der Waals surface area contributed by atoms with Gasteiger partial charge in [0.05, 0.1) is 6.10 Å². The van der Waals surface area contributed by atoms with Crippen molar-refractivity contribution >= 4 is 0 Å². The molecule has 0 aromatic rings. The van der Waals surface area contributed by atoms with Crippen molar-refractivity contribution in [1.82, 2.24) is 0 Å². The van der Waals surface area contributed by atoms with Crippen LogP contribution in [0.5, 0.6) is 0 Å². The van der Waals surface area contributed by atoms with Crippen molar-refractivity contribution in [3.63, 3.8) is 0 Å². The Balaban J connectivity index is 3.36. The Bertz CT molecular complexity index is 91.3. The van der Waals surface area contributed by atoms with E-state index >= 15 is 0 Å². The summed E-state index contributed by atoms with van der Waals surface area (Å²) in [4.78, 5) is 0. The van der Waals surface area contributed by atoms with Crippen LogP contribution in [-0.4, -0.2) is 19.0 Å². The highest BCUT2D eigenvalue weighted by molar-refractivity contribution is 4.75. The van der Waals surface area contributed by atoms with Gasteiger partial charge in [0.25, 0.3) is 0 Å². The van der Waals surface area contributed by atoms with Crippen molar-refractivity contribution in [2.45, 2.75) is 33.2 Å². The molecule has 0 aromatic carbocycles. The molecule has 0 radical (unpaired) electrons. The van der Waals surface area contributed by atoms with Crippen molar-refractivity contribution in [3.05, 3.63) is 12.7 Å². The van der Waals surface area contributed by atoms with Gasteiger partial charge in [-0.25, -0.2) is 0 Å². The lowest BCUT2D eigenvalue weighted by Crippen LogP contribution is -2.17. The minimum absolute atomic E-state index is 0.0709. The summed E-state index contributed by atoms with van der Waals surface area (Å²) >= 11 is 0. The summed E-state index contributed by atoms with van der Waals surface area (Å²) in [6.07, 6.45) is 1.69. The predicted molar refractivity (Wildman–Crippen MR) is 41.8 cm³/mol. The first-order chi connectivity index (χ1) is 4.70. The number of ether oxygens (including phenoxy) is 2. The zero-order chi connectivity index (χ0) is 7.98. The SMILES string of the molecule is C=CC(C)OC(C)OCC. The summed E-state index contributed by atoms with van der Waals surface area (Å²) in [5, 5.41) is 0. The summed E-state index contributed by atoms with van der Waals surface area (Å²) in [5.74, 6) is 0. The number of hydrogen-bond donors (Lipinski definition) is 0. The Morgan fingerprint density at radius 2 is 2.10 bits per heavy atom. The maximum atomic E-state index is 5.30. The third kappa shape index (κ3) is 4.53. The molecular formula is C8H16O2. The average Bonchev–Trinajstić information content (AvgIpc) is 1.88. The number of rotatable bonds is 5. The van der Waals surface area contributed by atoms with Gasteiger partial charge in [0.2, 0.25) is 0 Å². The minimum Gasteiger partial charge on any atom is -0.353 e. The Morgan fingerprint density at radius 3 is 2.50 bits per heavy atom. The van der Waals surface area contributed by atoms with Gasteiger partial charge in [-0.3, -0.25) is 0 Å². The Labute approximate surface area is 62.8 Å². The summed E-state index contributed by atoms with van der Waals surface area (Å²) in [6, 6.07) is 0. The van der Waals surface area contributed by atoms with E-state index in [9.17, 15) is 0 Å². The maximum absolute atomic E-state index is 5.30. The van der Waals surface area contributed by atoms with Gasteiger partial charge in [-0.2, -0.15) is 0 Å². The predicted octanol–water partition coefficient (Wildman–Crippen LogP) is 1.96. The van der Waals surface area contributed by atoms with E-state index in [-0.39, 0.29) is 12.4 Å². The summed E-state index contributed by atoms with van der Waals surface area (Å²) in [5.41, 5.74) is 0. The van der Waals surface area contributed by atoms with Gasteiger partial charge < -0.3 is 9.47 Å². The van der Waals surface area contributed by atoms with E-state index in [1.807, 2.05) is 20.8 Å². The molecule has 0 saturated carbocycles. The molecule has 0 rings (SSSR count). The number of hydrogen-bond acceptors (Lipinski definition) is 2. The van der Waals surface area contributed by atoms with Crippen molar-refractivity contribution in [3.8, 4) is 0 Å². The van der Waals surface area contributed by atoms with Crippen molar-refractivity contribution < 1.29 is 9.47 Å². The van der Waals surface area contributed by atoms with Crippen molar-refractivity contribution in [2.75, 3.05) is 6.61 Å². The molecule has 2 heteroatoms. The van der Waals surface area contributed by atoms with Crippen LogP contribution in [-0.2, 0) is 9.47 Å². The molecule has 0 bridgehead atoms. The van der Waals surface area contributed by atoms with Gasteiger partial charge >= 0.3 is 0 Å². The topological polar surface area (TPSA) is 18.5 Å². The van der Waals surface area contributed by atoms with Crippen LogP contribution in [0.15, 0.2) is 12.7 Å². The molecule has 2 unspecified atom stereocenters. The highest BCUT2D eigenvalue weighted by atomic mass is 16.7. The fourth-order valence-corrected chi connectivity index (χ4v) is 0.632. The molecule has 2 nitrogen and oxygen atoms in total. The van der Waals surface area contributed by atoms with Gasteiger partial charge in [-0.1, -0.05) is 6.08 Å². The van der Waals surface area contributed by atoms with E-state index in [2.05, 4.69) is 6.58 Å². The third-order valence-corrected chi connectivity index (χ3v) is 1.14. The standard InChI is InChI=1S/C8H16O2/c1-5-7(3)10-8(4)9-6-2/h5,7-8H,1,6H2,2-4H3. The molecule has 0 aromatic heterocycles. The molecule has 0 amide bonds. The highest BCUT2D eigenvalue weighted by Crippen LogP contribution is 1.99. The van der Waals surface area contributed by atoms with Gasteiger partial charge in [0, 0.05) is 6.61 Å². The highest BCUT2D eigenvalue weighted by Gasteiger charge is 2.02. The van der Waals surface area contributed by atoms with Gasteiger partial charge in [0.15, 0.2) is 6.29 Å². The molecule has 0 fully saturated rings. The molecule has 0 saturated heterocycles. The molecule has 0 aliphatic rings. The third-order valence-electron chi connectivity index (χ3n) is 1.14. The van der Waals surface area contributed by atoms with Crippen LogP contribution in [0, 0.1) is 0 Å². The molecule has 2 atom stereocenters. The Hall–Kier alpha value is -0.340. The lowest BCUT2D eigenvalue weighted by molar-refractivity contribution is -0.141. The van der Waals surface area contributed by atoms with Crippen LogP contribution in [0.3, 0.4) is 0 Å². The van der Waals surface area contributed by atoms with Crippen LogP contribution in [0.1, 0.15) is 20.8 Å². The second-order valence-electron chi connectivity index (χ2n) is 2.10. The molecule has 0 aliphatic heterocycles. The van der Waals surface area contributed by atoms with Crippen molar-refractivity contribution in [1.29, 1.82) is 0 Å². The maximum Gasteiger partial charge on any atom is 0.155 e. The summed E-state index contributed by atoms with van der Waals surface area (Å²) in [6.45, 7) is 10.0. The second kappa shape index (κ2) is 5.45. The smallest absolute Gasteiger partial charge is 0.155 e. The second-order valence-corrected chi connectivity index (χ2v) is 2.10. The fourth-order valence-electron chi connectivity index (χ4n) is 0.632. The van der Waals surface area contributed by atoms with Crippen LogP contribution in [0.25, 0.3) is 0 Å². The lowest BCUT2D eigenvalue weighted by atomic mass is 10.4. The van der Waals surface area contributed by atoms with Gasteiger partial charge in [-0.15, -0.1) is 6.58 Å². The molecule has 60 valence electrons.